The van der Waals surface area contributed by atoms with Gasteiger partial charge in [-0.2, -0.15) is 0 Å². The number of hydrogen-bond acceptors (Lipinski definition) is 1. The Kier molecular flexibility index (Phi) is 4.58. The summed E-state index contributed by atoms with van der Waals surface area (Å²) in [5.74, 6) is -2.16. The van der Waals surface area contributed by atoms with Crippen LogP contribution in [0.3, 0.4) is 0 Å². The predicted octanol–water partition coefficient (Wildman–Crippen LogP) is 4.69. The summed E-state index contributed by atoms with van der Waals surface area (Å²) < 4.78 is 39.8. The first kappa shape index (κ1) is 15.2. The average molecular weight is 321 g/mol. The Morgan fingerprint density at radius 2 is 1.65 bits per heavy atom. The molecule has 1 atom stereocenters. The standard InChI is InChI=1S/C14H9Cl2F3O/c15-10-4-8(17)2-1-7(10)3-14(20)9-5-13(19)11(16)6-12(9)18/h1-2,4-6,14,20H,3H2. The zero-order valence-electron chi connectivity index (χ0n) is 10.0. The minimum absolute atomic E-state index is 0.0723. The summed E-state index contributed by atoms with van der Waals surface area (Å²) in [5, 5.41) is 9.71. The van der Waals surface area contributed by atoms with Gasteiger partial charge in [-0.25, -0.2) is 13.2 Å². The second kappa shape index (κ2) is 6.04. The zero-order valence-corrected chi connectivity index (χ0v) is 11.5. The zero-order chi connectivity index (χ0) is 14.9. The molecule has 0 fully saturated rings. The summed E-state index contributed by atoms with van der Waals surface area (Å²) in [4.78, 5) is 0. The Labute approximate surface area is 123 Å². The largest absolute Gasteiger partial charge is 0.388 e. The molecule has 0 radical (unpaired) electrons. The SMILES string of the molecule is OC(Cc1ccc(F)cc1Cl)c1cc(F)c(Cl)cc1F. The number of halogens is 5. The van der Waals surface area contributed by atoms with Crippen LogP contribution < -0.4 is 0 Å². The summed E-state index contributed by atoms with van der Waals surface area (Å²) in [5.41, 5.74) is 0.197. The van der Waals surface area contributed by atoms with Gasteiger partial charge < -0.3 is 5.11 Å². The summed E-state index contributed by atoms with van der Waals surface area (Å²) in [7, 11) is 0. The number of aliphatic hydroxyl groups excluding tert-OH is 1. The lowest BCUT2D eigenvalue weighted by molar-refractivity contribution is 0.173. The highest BCUT2D eigenvalue weighted by molar-refractivity contribution is 6.31. The first-order chi connectivity index (χ1) is 9.38. The molecule has 1 nitrogen and oxygen atoms in total. The summed E-state index contributed by atoms with van der Waals surface area (Å²) in [6, 6.07) is 5.27. The van der Waals surface area contributed by atoms with Gasteiger partial charge in [0, 0.05) is 17.0 Å². The van der Waals surface area contributed by atoms with E-state index in [2.05, 4.69) is 0 Å². The van der Waals surface area contributed by atoms with E-state index in [1.807, 2.05) is 0 Å². The Balaban J connectivity index is 2.28. The molecular weight excluding hydrogens is 312 g/mol. The van der Waals surface area contributed by atoms with Crippen LogP contribution in [0.5, 0.6) is 0 Å². The number of benzene rings is 2. The minimum atomic E-state index is -1.32. The van der Waals surface area contributed by atoms with Crippen LogP contribution in [0.15, 0.2) is 30.3 Å². The van der Waals surface area contributed by atoms with Gasteiger partial charge in [-0.1, -0.05) is 29.3 Å². The van der Waals surface area contributed by atoms with Gasteiger partial charge in [0.1, 0.15) is 17.5 Å². The van der Waals surface area contributed by atoms with E-state index < -0.39 is 23.6 Å². The summed E-state index contributed by atoms with van der Waals surface area (Å²) in [6.45, 7) is 0. The molecule has 0 spiro atoms. The van der Waals surface area contributed by atoms with Gasteiger partial charge in [0.15, 0.2) is 0 Å². The van der Waals surface area contributed by atoms with E-state index in [4.69, 9.17) is 23.2 Å². The van der Waals surface area contributed by atoms with Crippen molar-refractivity contribution in [3.63, 3.8) is 0 Å². The Morgan fingerprint density at radius 3 is 2.30 bits per heavy atom. The van der Waals surface area contributed by atoms with Gasteiger partial charge >= 0.3 is 0 Å². The Hall–Kier alpha value is -1.23. The Morgan fingerprint density at radius 1 is 0.950 bits per heavy atom. The molecule has 2 aromatic rings. The molecule has 0 bridgehead atoms. The van der Waals surface area contributed by atoms with Crippen LogP contribution in [0.4, 0.5) is 13.2 Å². The topological polar surface area (TPSA) is 20.2 Å². The Bertz CT molecular complexity index is 647. The maximum absolute atomic E-state index is 13.6. The van der Waals surface area contributed by atoms with E-state index >= 15 is 0 Å². The molecule has 2 aromatic carbocycles. The van der Waals surface area contributed by atoms with Crippen LogP contribution in [-0.4, -0.2) is 5.11 Å². The van der Waals surface area contributed by atoms with Crippen molar-refractivity contribution in [1.82, 2.24) is 0 Å². The first-order valence-electron chi connectivity index (χ1n) is 5.65. The summed E-state index contributed by atoms with van der Waals surface area (Å²) in [6.07, 6.45) is -1.39. The smallest absolute Gasteiger partial charge is 0.142 e. The molecule has 0 amide bonds. The maximum Gasteiger partial charge on any atom is 0.142 e. The van der Waals surface area contributed by atoms with Crippen molar-refractivity contribution in [3.05, 3.63) is 69.0 Å². The second-order valence-electron chi connectivity index (χ2n) is 4.24. The fourth-order valence-corrected chi connectivity index (χ4v) is 2.19. The summed E-state index contributed by atoms with van der Waals surface area (Å²) >= 11 is 11.3. The quantitative estimate of drug-likeness (QED) is 0.814. The molecule has 20 heavy (non-hydrogen) atoms. The lowest BCUT2D eigenvalue weighted by Gasteiger charge is -2.13. The monoisotopic (exact) mass is 320 g/mol. The maximum atomic E-state index is 13.6. The van der Waals surface area contributed by atoms with Crippen molar-refractivity contribution in [2.75, 3.05) is 0 Å². The fourth-order valence-electron chi connectivity index (χ4n) is 1.80. The van der Waals surface area contributed by atoms with Crippen LogP contribution in [0.25, 0.3) is 0 Å². The molecule has 0 heterocycles. The molecule has 6 heteroatoms. The highest BCUT2D eigenvalue weighted by atomic mass is 35.5. The molecule has 0 aliphatic heterocycles. The van der Waals surface area contributed by atoms with Gasteiger partial charge in [0.05, 0.1) is 11.1 Å². The lowest BCUT2D eigenvalue weighted by atomic mass is 10.0. The predicted molar refractivity (Wildman–Crippen MR) is 71.4 cm³/mol. The lowest BCUT2D eigenvalue weighted by Crippen LogP contribution is -2.06. The molecule has 106 valence electrons. The second-order valence-corrected chi connectivity index (χ2v) is 5.06. The molecule has 2 rings (SSSR count). The van der Waals surface area contributed by atoms with E-state index in [1.54, 1.807) is 0 Å². The number of hydrogen-bond donors (Lipinski definition) is 1. The van der Waals surface area contributed by atoms with E-state index in [0.717, 1.165) is 18.2 Å². The molecule has 0 saturated carbocycles. The van der Waals surface area contributed by atoms with Gasteiger partial charge in [0.25, 0.3) is 0 Å². The van der Waals surface area contributed by atoms with Crippen LogP contribution in [0, 0.1) is 17.5 Å². The van der Waals surface area contributed by atoms with Gasteiger partial charge in [-0.15, -0.1) is 0 Å². The van der Waals surface area contributed by atoms with Gasteiger partial charge in [-0.05, 0) is 29.8 Å². The molecular formula is C14H9Cl2F3O. The van der Waals surface area contributed by atoms with E-state index in [-0.39, 0.29) is 22.0 Å². The van der Waals surface area contributed by atoms with Crippen molar-refractivity contribution in [3.8, 4) is 0 Å². The third-order valence-electron chi connectivity index (χ3n) is 2.83. The van der Waals surface area contributed by atoms with E-state index in [0.29, 0.717) is 5.56 Å². The first-order valence-corrected chi connectivity index (χ1v) is 6.40. The van der Waals surface area contributed by atoms with Crippen molar-refractivity contribution in [1.29, 1.82) is 0 Å². The molecule has 1 unspecified atom stereocenters. The van der Waals surface area contributed by atoms with Gasteiger partial charge in [-0.3, -0.25) is 0 Å². The van der Waals surface area contributed by atoms with E-state index in [1.165, 1.54) is 12.1 Å². The molecule has 0 aliphatic carbocycles. The molecule has 0 saturated heterocycles. The van der Waals surface area contributed by atoms with Crippen molar-refractivity contribution in [2.24, 2.45) is 0 Å². The van der Waals surface area contributed by atoms with Crippen molar-refractivity contribution >= 4 is 23.2 Å². The van der Waals surface area contributed by atoms with Crippen LogP contribution in [0.2, 0.25) is 10.0 Å². The molecule has 1 N–H and O–H groups in total. The van der Waals surface area contributed by atoms with Crippen LogP contribution >= 0.6 is 23.2 Å². The van der Waals surface area contributed by atoms with Crippen molar-refractivity contribution < 1.29 is 18.3 Å². The van der Waals surface area contributed by atoms with E-state index in [9.17, 15) is 18.3 Å². The third-order valence-corrected chi connectivity index (χ3v) is 3.47. The van der Waals surface area contributed by atoms with Gasteiger partial charge in [0.2, 0.25) is 0 Å². The minimum Gasteiger partial charge on any atom is -0.388 e. The molecule has 0 aromatic heterocycles. The third kappa shape index (κ3) is 3.26. The fraction of sp³-hybridized carbons (Fsp3) is 0.143. The number of rotatable bonds is 3. The van der Waals surface area contributed by atoms with Crippen molar-refractivity contribution in [2.45, 2.75) is 12.5 Å². The normalized spacial score (nSPS) is 12.5. The van der Waals surface area contributed by atoms with Crippen LogP contribution in [-0.2, 0) is 6.42 Å². The average Bonchev–Trinajstić information content (AvgIpc) is 2.37. The highest BCUT2D eigenvalue weighted by Crippen LogP contribution is 2.28. The van der Waals surface area contributed by atoms with Crippen LogP contribution in [0.1, 0.15) is 17.2 Å². The highest BCUT2D eigenvalue weighted by Gasteiger charge is 2.18. The molecule has 0 aliphatic rings. The number of aliphatic hydroxyl groups is 1.